The van der Waals surface area contributed by atoms with Gasteiger partial charge in [0.15, 0.2) is 0 Å². The van der Waals surface area contributed by atoms with Crippen LogP contribution in [0.2, 0.25) is 0 Å². The summed E-state index contributed by atoms with van der Waals surface area (Å²) in [5.74, 6) is 1.58. The van der Waals surface area contributed by atoms with E-state index in [4.69, 9.17) is 0 Å². The van der Waals surface area contributed by atoms with Crippen molar-refractivity contribution in [3.05, 3.63) is 65.2 Å². The molecule has 2 rings (SSSR count). The molecule has 0 saturated heterocycles. The molecule has 144 valence electrons. The van der Waals surface area contributed by atoms with Gasteiger partial charge >= 0.3 is 0 Å². The third kappa shape index (κ3) is 7.10. The van der Waals surface area contributed by atoms with E-state index >= 15 is 0 Å². The number of rotatable bonds is 7. The molecule has 27 heavy (non-hydrogen) atoms. The van der Waals surface area contributed by atoms with Crippen LogP contribution in [0, 0.1) is 12.3 Å². The Morgan fingerprint density at radius 1 is 1.04 bits per heavy atom. The van der Waals surface area contributed by atoms with Crippen molar-refractivity contribution in [1.29, 1.82) is 0 Å². The lowest BCUT2D eigenvalue weighted by Crippen LogP contribution is -2.28. The van der Waals surface area contributed by atoms with Crippen LogP contribution in [0.5, 0.6) is 0 Å². The molecular weight excluding hydrogens is 356 g/mol. The first kappa shape index (κ1) is 21.0. The lowest BCUT2D eigenvalue weighted by atomic mass is 9.95. The molecule has 0 aliphatic heterocycles. The van der Waals surface area contributed by atoms with Crippen LogP contribution in [-0.4, -0.2) is 24.1 Å². The standard InChI is InChI=1S/C22H28N2O2S/c1-16-8-10-17(11-9-16)15-27-13-12-23-20(25)18-6-5-7-19(14-18)24-21(26)22(2,3)4/h5-11,14H,12-13,15H2,1-4H3,(H,23,25)(H,24,26). The SMILES string of the molecule is Cc1ccc(CSCCNC(=O)c2cccc(NC(=O)C(C)(C)C)c2)cc1. The fourth-order valence-electron chi connectivity index (χ4n) is 2.27. The molecule has 0 unspecified atom stereocenters. The molecule has 0 aliphatic carbocycles. The van der Waals surface area contributed by atoms with Gasteiger partial charge in [-0.2, -0.15) is 11.8 Å². The van der Waals surface area contributed by atoms with E-state index in [2.05, 4.69) is 41.8 Å². The number of hydrogen-bond acceptors (Lipinski definition) is 3. The molecule has 5 heteroatoms. The van der Waals surface area contributed by atoms with Gasteiger partial charge in [0.05, 0.1) is 0 Å². The van der Waals surface area contributed by atoms with Crippen molar-refractivity contribution in [2.75, 3.05) is 17.6 Å². The topological polar surface area (TPSA) is 58.2 Å². The summed E-state index contributed by atoms with van der Waals surface area (Å²) in [4.78, 5) is 24.4. The summed E-state index contributed by atoms with van der Waals surface area (Å²) in [5.41, 5.74) is 3.25. The van der Waals surface area contributed by atoms with Crippen LogP contribution in [-0.2, 0) is 10.5 Å². The number of aryl methyl sites for hydroxylation is 1. The minimum atomic E-state index is -0.479. The summed E-state index contributed by atoms with van der Waals surface area (Å²) < 4.78 is 0. The zero-order chi connectivity index (χ0) is 19.9. The Labute approximate surface area is 166 Å². The fourth-order valence-corrected chi connectivity index (χ4v) is 3.09. The van der Waals surface area contributed by atoms with Crippen LogP contribution in [0.3, 0.4) is 0 Å². The quantitative estimate of drug-likeness (QED) is 0.684. The largest absolute Gasteiger partial charge is 0.351 e. The van der Waals surface area contributed by atoms with E-state index in [9.17, 15) is 9.59 Å². The molecule has 0 bridgehead atoms. The Bertz CT molecular complexity index is 780. The molecule has 2 aromatic carbocycles. The zero-order valence-corrected chi connectivity index (χ0v) is 17.3. The van der Waals surface area contributed by atoms with Crippen LogP contribution in [0.4, 0.5) is 5.69 Å². The minimum Gasteiger partial charge on any atom is -0.351 e. The number of thioether (sulfide) groups is 1. The highest BCUT2D eigenvalue weighted by molar-refractivity contribution is 7.98. The number of carbonyl (C=O) groups is 2. The summed E-state index contributed by atoms with van der Waals surface area (Å²) in [7, 11) is 0. The van der Waals surface area contributed by atoms with Gasteiger partial charge in [0.2, 0.25) is 5.91 Å². The predicted octanol–water partition coefficient (Wildman–Crippen LogP) is 4.64. The van der Waals surface area contributed by atoms with E-state index in [0.29, 0.717) is 17.8 Å². The first-order chi connectivity index (χ1) is 12.8. The molecule has 2 aromatic rings. The van der Waals surface area contributed by atoms with Crippen molar-refractivity contribution < 1.29 is 9.59 Å². The average molecular weight is 385 g/mol. The predicted molar refractivity (Wildman–Crippen MR) is 114 cm³/mol. The smallest absolute Gasteiger partial charge is 0.251 e. The summed E-state index contributed by atoms with van der Waals surface area (Å²) >= 11 is 1.79. The molecular formula is C22H28N2O2S. The molecule has 4 nitrogen and oxygen atoms in total. The summed E-state index contributed by atoms with van der Waals surface area (Å²) in [6.07, 6.45) is 0. The van der Waals surface area contributed by atoms with Gasteiger partial charge < -0.3 is 10.6 Å². The van der Waals surface area contributed by atoms with Gasteiger partial charge in [0.25, 0.3) is 5.91 Å². The molecule has 0 heterocycles. The zero-order valence-electron chi connectivity index (χ0n) is 16.5. The maximum Gasteiger partial charge on any atom is 0.251 e. The maximum atomic E-state index is 12.3. The van der Waals surface area contributed by atoms with Crippen molar-refractivity contribution in [3.63, 3.8) is 0 Å². The van der Waals surface area contributed by atoms with E-state index < -0.39 is 5.41 Å². The van der Waals surface area contributed by atoms with Gasteiger partial charge in [-0.15, -0.1) is 0 Å². The van der Waals surface area contributed by atoms with Gasteiger partial charge in [-0.25, -0.2) is 0 Å². The molecule has 0 atom stereocenters. The van der Waals surface area contributed by atoms with E-state index in [1.807, 2.05) is 20.8 Å². The normalized spacial score (nSPS) is 11.1. The minimum absolute atomic E-state index is 0.0763. The number of amides is 2. The number of benzene rings is 2. The molecule has 0 fully saturated rings. The van der Waals surface area contributed by atoms with Crippen LogP contribution >= 0.6 is 11.8 Å². The number of hydrogen-bond donors (Lipinski definition) is 2. The molecule has 0 saturated carbocycles. The van der Waals surface area contributed by atoms with Crippen LogP contribution in [0.1, 0.15) is 42.3 Å². The van der Waals surface area contributed by atoms with Crippen LogP contribution < -0.4 is 10.6 Å². The number of nitrogens with one attached hydrogen (secondary N) is 2. The first-order valence-electron chi connectivity index (χ1n) is 9.09. The molecule has 2 N–H and O–H groups in total. The average Bonchev–Trinajstić information content (AvgIpc) is 2.62. The van der Waals surface area contributed by atoms with Crippen molar-refractivity contribution in [2.24, 2.45) is 5.41 Å². The number of anilines is 1. The van der Waals surface area contributed by atoms with Crippen molar-refractivity contribution >= 4 is 29.3 Å². The van der Waals surface area contributed by atoms with Crippen molar-refractivity contribution in [3.8, 4) is 0 Å². The van der Waals surface area contributed by atoms with Crippen LogP contribution in [0.15, 0.2) is 48.5 Å². The van der Waals surface area contributed by atoms with E-state index in [1.165, 1.54) is 11.1 Å². The van der Waals surface area contributed by atoms with Crippen LogP contribution in [0.25, 0.3) is 0 Å². The monoisotopic (exact) mass is 384 g/mol. The van der Waals surface area contributed by atoms with Gasteiger partial charge in [0.1, 0.15) is 0 Å². The van der Waals surface area contributed by atoms with E-state index in [0.717, 1.165) is 11.5 Å². The van der Waals surface area contributed by atoms with Crippen molar-refractivity contribution in [1.82, 2.24) is 5.32 Å². The summed E-state index contributed by atoms with van der Waals surface area (Å²) in [6.45, 7) is 8.25. The lowest BCUT2D eigenvalue weighted by Gasteiger charge is -2.18. The van der Waals surface area contributed by atoms with Gasteiger partial charge in [-0.1, -0.05) is 56.7 Å². The summed E-state index contributed by atoms with van der Waals surface area (Å²) in [6, 6.07) is 15.5. The Kier molecular flexibility index (Phi) is 7.48. The number of carbonyl (C=O) groups excluding carboxylic acids is 2. The second kappa shape index (κ2) is 9.60. The molecule has 0 aromatic heterocycles. The third-order valence-electron chi connectivity index (χ3n) is 3.99. The van der Waals surface area contributed by atoms with Crippen molar-refractivity contribution in [2.45, 2.75) is 33.4 Å². The first-order valence-corrected chi connectivity index (χ1v) is 10.2. The van der Waals surface area contributed by atoms with Gasteiger partial charge in [-0.05, 0) is 30.7 Å². The fraction of sp³-hybridized carbons (Fsp3) is 0.364. The Morgan fingerprint density at radius 3 is 2.41 bits per heavy atom. The highest BCUT2D eigenvalue weighted by Gasteiger charge is 2.21. The second-order valence-electron chi connectivity index (χ2n) is 7.58. The second-order valence-corrected chi connectivity index (χ2v) is 8.68. The molecule has 0 aliphatic rings. The molecule has 2 amide bonds. The highest BCUT2D eigenvalue weighted by atomic mass is 32.2. The van der Waals surface area contributed by atoms with Gasteiger partial charge in [0, 0.05) is 34.7 Å². The Hall–Kier alpha value is -2.27. The molecule has 0 radical (unpaired) electrons. The molecule has 0 spiro atoms. The van der Waals surface area contributed by atoms with Gasteiger partial charge in [-0.3, -0.25) is 9.59 Å². The summed E-state index contributed by atoms with van der Waals surface area (Å²) in [5, 5.41) is 5.79. The Balaban J connectivity index is 1.77. The lowest BCUT2D eigenvalue weighted by molar-refractivity contribution is -0.123. The highest BCUT2D eigenvalue weighted by Crippen LogP contribution is 2.18. The van der Waals surface area contributed by atoms with E-state index in [-0.39, 0.29) is 11.8 Å². The third-order valence-corrected chi connectivity index (χ3v) is 5.02. The maximum absolute atomic E-state index is 12.3. The van der Waals surface area contributed by atoms with E-state index in [1.54, 1.807) is 36.0 Å². The Morgan fingerprint density at radius 2 is 1.74 bits per heavy atom.